The summed E-state index contributed by atoms with van der Waals surface area (Å²) in [6, 6.07) is 3.61. The Labute approximate surface area is 114 Å². The molecule has 0 spiro atoms. The lowest BCUT2D eigenvalue weighted by Gasteiger charge is -2.21. The van der Waals surface area contributed by atoms with E-state index in [9.17, 15) is 4.39 Å². The highest BCUT2D eigenvalue weighted by Crippen LogP contribution is 2.30. The van der Waals surface area contributed by atoms with Crippen LogP contribution < -0.4 is 5.73 Å². The Morgan fingerprint density at radius 1 is 1.39 bits per heavy atom. The van der Waals surface area contributed by atoms with Crippen LogP contribution in [0.15, 0.2) is 18.2 Å². The van der Waals surface area contributed by atoms with Gasteiger partial charge in [-0.1, -0.05) is 44.5 Å². The molecule has 0 fully saturated rings. The summed E-state index contributed by atoms with van der Waals surface area (Å²) in [4.78, 5) is 0. The molecule has 1 rings (SSSR count). The van der Waals surface area contributed by atoms with E-state index in [2.05, 4.69) is 0 Å². The van der Waals surface area contributed by atoms with Crippen molar-refractivity contribution in [3.8, 4) is 0 Å². The van der Waals surface area contributed by atoms with Gasteiger partial charge in [0.1, 0.15) is 5.82 Å². The van der Waals surface area contributed by atoms with Crippen molar-refractivity contribution in [1.29, 1.82) is 0 Å². The Kier molecular flexibility index (Phi) is 4.94. The topological polar surface area (TPSA) is 26.0 Å². The minimum Gasteiger partial charge on any atom is -0.328 e. The maximum Gasteiger partial charge on any atom is 0.145 e. The first-order valence-corrected chi connectivity index (χ1v) is 6.51. The molecule has 0 radical (unpaired) electrons. The molecule has 18 heavy (non-hydrogen) atoms. The Morgan fingerprint density at radius 2 is 2.00 bits per heavy atom. The van der Waals surface area contributed by atoms with Gasteiger partial charge < -0.3 is 5.73 Å². The van der Waals surface area contributed by atoms with Crippen molar-refractivity contribution < 1.29 is 4.39 Å². The fourth-order valence-electron chi connectivity index (χ4n) is 1.67. The van der Waals surface area contributed by atoms with Crippen LogP contribution in [0.4, 0.5) is 4.39 Å². The average Bonchev–Trinajstić information content (AvgIpc) is 2.20. The minimum absolute atomic E-state index is 0.124. The zero-order chi connectivity index (χ0) is 13.9. The standard InChI is InChI=1S/C15H21ClFN/c1-10(18)6-5-7-11-8-12(15(2,3)4)14(17)13(16)9-11/h5,7-10H,6,18H2,1-4H3/b7-5+/t10-/m0/s1. The fraction of sp³-hybridized carbons (Fsp3) is 0.467. The van der Waals surface area contributed by atoms with Crippen molar-refractivity contribution in [3.63, 3.8) is 0 Å². The lowest BCUT2D eigenvalue weighted by Crippen LogP contribution is -2.14. The lowest BCUT2D eigenvalue weighted by atomic mass is 9.85. The Balaban J connectivity index is 3.09. The Bertz CT molecular complexity index is 445. The molecule has 0 amide bonds. The smallest absolute Gasteiger partial charge is 0.145 e. The second-order valence-corrected chi connectivity index (χ2v) is 6.14. The molecule has 1 nitrogen and oxygen atoms in total. The van der Waals surface area contributed by atoms with Gasteiger partial charge in [0.2, 0.25) is 0 Å². The third-order valence-corrected chi connectivity index (χ3v) is 2.95. The first kappa shape index (κ1) is 15.2. The normalized spacial score (nSPS) is 14.2. The minimum atomic E-state index is -0.325. The van der Waals surface area contributed by atoms with Gasteiger partial charge in [-0.05, 0) is 42.0 Å². The van der Waals surface area contributed by atoms with Crippen molar-refractivity contribution in [3.05, 3.63) is 40.2 Å². The van der Waals surface area contributed by atoms with Crippen LogP contribution in [0.5, 0.6) is 0 Å². The van der Waals surface area contributed by atoms with Crippen molar-refractivity contribution >= 4 is 17.7 Å². The monoisotopic (exact) mass is 269 g/mol. The first-order chi connectivity index (χ1) is 8.21. The highest BCUT2D eigenvalue weighted by molar-refractivity contribution is 6.31. The summed E-state index contributed by atoms with van der Waals surface area (Å²) < 4.78 is 14.0. The Hall–Kier alpha value is -0.860. The zero-order valence-corrected chi connectivity index (χ0v) is 12.2. The van der Waals surface area contributed by atoms with Gasteiger partial charge in [-0.15, -0.1) is 0 Å². The summed E-state index contributed by atoms with van der Waals surface area (Å²) in [5.74, 6) is -0.325. The number of hydrogen-bond donors (Lipinski definition) is 1. The molecule has 0 aliphatic carbocycles. The second-order valence-electron chi connectivity index (χ2n) is 5.73. The molecule has 1 aromatic rings. The molecule has 0 aromatic heterocycles. The van der Waals surface area contributed by atoms with Crippen LogP contribution in [-0.2, 0) is 5.41 Å². The van der Waals surface area contributed by atoms with Crippen LogP contribution in [0.1, 0.15) is 45.2 Å². The number of rotatable bonds is 3. The van der Waals surface area contributed by atoms with E-state index in [-0.39, 0.29) is 22.3 Å². The third-order valence-electron chi connectivity index (χ3n) is 2.68. The molecular weight excluding hydrogens is 249 g/mol. The molecule has 0 aliphatic heterocycles. The third kappa shape index (κ3) is 4.11. The van der Waals surface area contributed by atoms with Gasteiger partial charge in [0.25, 0.3) is 0 Å². The molecule has 0 aliphatic rings. The predicted octanol–water partition coefficient (Wildman–Crippen LogP) is 4.53. The second kappa shape index (κ2) is 5.85. The SMILES string of the molecule is C[C@H](N)C/C=C/c1cc(Cl)c(F)c(C(C)(C)C)c1. The van der Waals surface area contributed by atoms with E-state index in [0.29, 0.717) is 5.56 Å². The lowest BCUT2D eigenvalue weighted by molar-refractivity contribution is 0.523. The quantitative estimate of drug-likeness (QED) is 0.857. The summed E-state index contributed by atoms with van der Waals surface area (Å²) in [5, 5.41) is 0.169. The van der Waals surface area contributed by atoms with Crippen LogP contribution in [0, 0.1) is 5.82 Å². The van der Waals surface area contributed by atoms with Crippen molar-refractivity contribution in [2.75, 3.05) is 0 Å². The molecule has 2 N–H and O–H groups in total. The molecule has 3 heteroatoms. The van der Waals surface area contributed by atoms with Gasteiger partial charge in [0.05, 0.1) is 5.02 Å². The largest absolute Gasteiger partial charge is 0.328 e. The van der Waals surface area contributed by atoms with Gasteiger partial charge >= 0.3 is 0 Å². The average molecular weight is 270 g/mol. The maximum absolute atomic E-state index is 14.0. The summed E-state index contributed by atoms with van der Waals surface area (Å²) in [7, 11) is 0. The summed E-state index contributed by atoms with van der Waals surface area (Å²) in [5.41, 5.74) is 6.95. The van der Waals surface area contributed by atoms with E-state index < -0.39 is 0 Å². The number of benzene rings is 1. The molecule has 0 heterocycles. The van der Waals surface area contributed by atoms with E-state index in [1.807, 2.05) is 45.9 Å². The summed E-state index contributed by atoms with van der Waals surface area (Å²) in [6.45, 7) is 7.86. The van der Waals surface area contributed by atoms with E-state index in [1.54, 1.807) is 6.07 Å². The van der Waals surface area contributed by atoms with Crippen LogP contribution in [0.3, 0.4) is 0 Å². The van der Waals surface area contributed by atoms with E-state index in [0.717, 1.165) is 12.0 Å². The molecule has 0 unspecified atom stereocenters. The zero-order valence-electron chi connectivity index (χ0n) is 11.4. The van der Waals surface area contributed by atoms with Crippen molar-refractivity contribution in [1.82, 2.24) is 0 Å². The molecule has 0 saturated heterocycles. The van der Waals surface area contributed by atoms with Gasteiger partial charge in [0, 0.05) is 6.04 Å². The molecule has 0 bridgehead atoms. The molecule has 100 valence electrons. The predicted molar refractivity (Wildman–Crippen MR) is 77.4 cm³/mol. The number of nitrogens with two attached hydrogens (primary N) is 1. The van der Waals surface area contributed by atoms with Crippen LogP contribution in [0.25, 0.3) is 6.08 Å². The highest BCUT2D eigenvalue weighted by Gasteiger charge is 2.20. The Morgan fingerprint density at radius 3 is 2.50 bits per heavy atom. The van der Waals surface area contributed by atoms with Crippen LogP contribution in [-0.4, -0.2) is 6.04 Å². The van der Waals surface area contributed by atoms with Gasteiger partial charge in [-0.3, -0.25) is 0 Å². The number of hydrogen-bond acceptors (Lipinski definition) is 1. The van der Waals surface area contributed by atoms with Crippen molar-refractivity contribution in [2.45, 2.75) is 45.6 Å². The highest BCUT2D eigenvalue weighted by atomic mass is 35.5. The van der Waals surface area contributed by atoms with Gasteiger partial charge in [-0.2, -0.15) is 0 Å². The fourth-order valence-corrected chi connectivity index (χ4v) is 1.90. The summed E-state index contributed by atoms with van der Waals surface area (Å²) in [6.07, 6.45) is 4.71. The van der Waals surface area contributed by atoms with Gasteiger partial charge in [0.15, 0.2) is 0 Å². The van der Waals surface area contributed by atoms with Gasteiger partial charge in [-0.25, -0.2) is 4.39 Å². The first-order valence-electron chi connectivity index (χ1n) is 6.13. The summed E-state index contributed by atoms with van der Waals surface area (Å²) >= 11 is 5.93. The molecule has 1 aromatic carbocycles. The van der Waals surface area contributed by atoms with E-state index in [4.69, 9.17) is 17.3 Å². The molecular formula is C15H21ClFN. The molecule has 0 saturated carbocycles. The van der Waals surface area contributed by atoms with Crippen LogP contribution in [0.2, 0.25) is 5.02 Å². The molecule has 1 atom stereocenters. The van der Waals surface area contributed by atoms with E-state index >= 15 is 0 Å². The van der Waals surface area contributed by atoms with Crippen LogP contribution >= 0.6 is 11.6 Å². The van der Waals surface area contributed by atoms with E-state index in [1.165, 1.54) is 0 Å². The maximum atomic E-state index is 14.0. The number of halogens is 2. The van der Waals surface area contributed by atoms with Crippen molar-refractivity contribution in [2.24, 2.45) is 5.73 Å².